The van der Waals surface area contributed by atoms with E-state index in [9.17, 15) is 9.18 Å². The SMILES string of the molecule is O=C(O)c1ccc(Oc2ccc(Cl)cc2Br)c(F)c1. The van der Waals surface area contributed by atoms with Gasteiger partial charge in [-0.25, -0.2) is 9.18 Å². The molecule has 0 spiro atoms. The van der Waals surface area contributed by atoms with Crippen LogP contribution >= 0.6 is 27.5 Å². The highest BCUT2D eigenvalue weighted by molar-refractivity contribution is 9.10. The van der Waals surface area contributed by atoms with Gasteiger partial charge in [-0.15, -0.1) is 0 Å². The molecule has 2 aromatic carbocycles. The van der Waals surface area contributed by atoms with Crippen molar-refractivity contribution in [3.05, 3.63) is 57.3 Å². The van der Waals surface area contributed by atoms with Crippen molar-refractivity contribution in [3.63, 3.8) is 0 Å². The van der Waals surface area contributed by atoms with E-state index in [2.05, 4.69) is 15.9 Å². The average Bonchev–Trinajstić information content (AvgIpc) is 2.34. The van der Waals surface area contributed by atoms with Crippen molar-refractivity contribution >= 4 is 33.5 Å². The molecule has 0 fully saturated rings. The number of ether oxygens (including phenoxy) is 1. The van der Waals surface area contributed by atoms with Gasteiger partial charge in [-0.05, 0) is 52.3 Å². The fourth-order valence-corrected chi connectivity index (χ4v) is 2.16. The second kappa shape index (κ2) is 5.59. The predicted molar refractivity (Wildman–Crippen MR) is 72.6 cm³/mol. The van der Waals surface area contributed by atoms with Crippen LogP contribution in [0.2, 0.25) is 5.02 Å². The first kappa shape index (κ1) is 13.8. The Morgan fingerprint density at radius 2 is 1.89 bits per heavy atom. The van der Waals surface area contributed by atoms with Gasteiger partial charge in [0.05, 0.1) is 10.0 Å². The van der Waals surface area contributed by atoms with Gasteiger partial charge in [-0.1, -0.05) is 11.6 Å². The number of hydrogen-bond donors (Lipinski definition) is 1. The number of halogens is 3. The Labute approximate surface area is 121 Å². The second-order valence-electron chi connectivity index (χ2n) is 3.63. The van der Waals surface area contributed by atoms with Crippen LogP contribution in [0.5, 0.6) is 11.5 Å². The van der Waals surface area contributed by atoms with E-state index in [0.717, 1.165) is 6.07 Å². The minimum Gasteiger partial charge on any atom is -0.478 e. The van der Waals surface area contributed by atoms with Crippen LogP contribution in [0.25, 0.3) is 0 Å². The molecule has 0 atom stereocenters. The van der Waals surface area contributed by atoms with Gasteiger partial charge in [0.2, 0.25) is 0 Å². The topological polar surface area (TPSA) is 46.5 Å². The lowest BCUT2D eigenvalue weighted by Crippen LogP contribution is -1.98. The number of carbonyl (C=O) groups is 1. The summed E-state index contributed by atoms with van der Waals surface area (Å²) in [5, 5.41) is 9.25. The minimum atomic E-state index is -1.20. The second-order valence-corrected chi connectivity index (χ2v) is 4.92. The third-order valence-corrected chi connectivity index (χ3v) is 3.15. The standard InChI is InChI=1S/C13H7BrClFO3/c14-9-6-8(15)2-4-11(9)19-12-3-1-7(13(17)18)5-10(12)16/h1-6H,(H,17,18). The molecule has 6 heteroatoms. The molecule has 0 aliphatic carbocycles. The first-order valence-corrected chi connectivity index (χ1v) is 6.30. The lowest BCUT2D eigenvalue weighted by atomic mass is 10.2. The summed E-state index contributed by atoms with van der Waals surface area (Å²) in [6, 6.07) is 8.23. The average molecular weight is 346 g/mol. The van der Waals surface area contributed by atoms with E-state index < -0.39 is 11.8 Å². The van der Waals surface area contributed by atoms with E-state index in [0.29, 0.717) is 15.2 Å². The maximum Gasteiger partial charge on any atom is 0.335 e. The van der Waals surface area contributed by atoms with Gasteiger partial charge >= 0.3 is 5.97 Å². The Bertz CT molecular complexity index is 646. The van der Waals surface area contributed by atoms with Crippen LogP contribution in [0.3, 0.4) is 0 Å². The molecule has 98 valence electrons. The summed E-state index contributed by atoms with van der Waals surface area (Å²) in [6.07, 6.45) is 0. The maximum absolute atomic E-state index is 13.7. The maximum atomic E-state index is 13.7. The van der Waals surface area contributed by atoms with Crippen LogP contribution in [-0.4, -0.2) is 11.1 Å². The van der Waals surface area contributed by atoms with Gasteiger partial charge < -0.3 is 9.84 Å². The highest BCUT2D eigenvalue weighted by atomic mass is 79.9. The zero-order chi connectivity index (χ0) is 14.0. The Kier molecular flexibility index (Phi) is 4.07. The molecule has 3 nitrogen and oxygen atoms in total. The normalized spacial score (nSPS) is 10.3. The number of carboxylic acids is 1. The zero-order valence-electron chi connectivity index (χ0n) is 9.36. The van der Waals surface area contributed by atoms with Crippen molar-refractivity contribution in [1.29, 1.82) is 0 Å². The molecule has 19 heavy (non-hydrogen) atoms. The molecule has 0 unspecified atom stereocenters. The Morgan fingerprint density at radius 3 is 2.47 bits per heavy atom. The first-order chi connectivity index (χ1) is 8.97. The Hall–Kier alpha value is -1.59. The monoisotopic (exact) mass is 344 g/mol. The number of aromatic carboxylic acids is 1. The first-order valence-electron chi connectivity index (χ1n) is 5.13. The van der Waals surface area contributed by atoms with Crippen LogP contribution in [0.15, 0.2) is 40.9 Å². The van der Waals surface area contributed by atoms with Crippen molar-refractivity contribution in [2.45, 2.75) is 0 Å². The number of hydrogen-bond acceptors (Lipinski definition) is 2. The number of carboxylic acid groups (broad SMARTS) is 1. The molecule has 0 aromatic heterocycles. The van der Waals surface area contributed by atoms with E-state index in [-0.39, 0.29) is 11.3 Å². The smallest absolute Gasteiger partial charge is 0.335 e. The van der Waals surface area contributed by atoms with Crippen molar-refractivity contribution < 1.29 is 19.0 Å². The van der Waals surface area contributed by atoms with Gasteiger partial charge in [0, 0.05) is 5.02 Å². The molecule has 0 amide bonds. The van der Waals surface area contributed by atoms with E-state index in [4.69, 9.17) is 21.4 Å². The third kappa shape index (κ3) is 3.24. The molecule has 2 rings (SSSR count). The summed E-state index contributed by atoms with van der Waals surface area (Å²) in [5.74, 6) is -1.63. The lowest BCUT2D eigenvalue weighted by Gasteiger charge is -2.09. The highest BCUT2D eigenvalue weighted by Gasteiger charge is 2.11. The van der Waals surface area contributed by atoms with Crippen molar-refractivity contribution in [2.75, 3.05) is 0 Å². The van der Waals surface area contributed by atoms with Crippen molar-refractivity contribution in [1.82, 2.24) is 0 Å². The molecular weight excluding hydrogens is 338 g/mol. The summed E-state index contributed by atoms with van der Waals surface area (Å²) in [4.78, 5) is 10.7. The van der Waals surface area contributed by atoms with E-state index in [1.54, 1.807) is 18.2 Å². The summed E-state index contributed by atoms with van der Waals surface area (Å²) in [6.45, 7) is 0. The summed E-state index contributed by atoms with van der Waals surface area (Å²) < 4.78 is 19.6. The van der Waals surface area contributed by atoms with Crippen LogP contribution in [0, 0.1) is 5.82 Å². The van der Waals surface area contributed by atoms with Crippen LogP contribution in [0.1, 0.15) is 10.4 Å². The molecular formula is C13H7BrClFO3. The van der Waals surface area contributed by atoms with Gasteiger partial charge in [-0.2, -0.15) is 0 Å². The molecule has 0 aliphatic heterocycles. The van der Waals surface area contributed by atoms with Crippen molar-refractivity contribution in [2.24, 2.45) is 0 Å². The van der Waals surface area contributed by atoms with Gasteiger partial charge in [0.25, 0.3) is 0 Å². The molecule has 0 saturated carbocycles. The predicted octanol–water partition coefficient (Wildman–Crippen LogP) is 4.73. The molecule has 0 aliphatic rings. The van der Waals surface area contributed by atoms with E-state index >= 15 is 0 Å². The van der Waals surface area contributed by atoms with Crippen LogP contribution < -0.4 is 4.74 Å². The summed E-state index contributed by atoms with van der Waals surface area (Å²) in [7, 11) is 0. The highest BCUT2D eigenvalue weighted by Crippen LogP contribution is 2.33. The van der Waals surface area contributed by atoms with Crippen LogP contribution in [0.4, 0.5) is 4.39 Å². The summed E-state index contributed by atoms with van der Waals surface area (Å²) in [5.41, 5.74) is -0.139. The minimum absolute atomic E-state index is 0.0620. The van der Waals surface area contributed by atoms with Gasteiger partial charge in [-0.3, -0.25) is 0 Å². The summed E-state index contributed by atoms with van der Waals surface area (Å²) >= 11 is 9.02. The Balaban J connectivity index is 2.31. The zero-order valence-corrected chi connectivity index (χ0v) is 11.7. The van der Waals surface area contributed by atoms with E-state index in [1.807, 2.05) is 0 Å². The molecule has 0 saturated heterocycles. The molecule has 0 heterocycles. The van der Waals surface area contributed by atoms with Gasteiger partial charge in [0.1, 0.15) is 5.75 Å². The third-order valence-electron chi connectivity index (χ3n) is 2.29. The number of rotatable bonds is 3. The van der Waals surface area contributed by atoms with E-state index in [1.165, 1.54) is 12.1 Å². The molecule has 0 radical (unpaired) electrons. The van der Waals surface area contributed by atoms with Crippen LogP contribution in [-0.2, 0) is 0 Å². The fourth-order valence-electron chi connectivity index (χ4n) is 1.39. The molecule has 0 bridgehead atoms. The van der Waals surface area contributed by atoms with Crippen molar-refractivity contribution in [3.8, 4) is 11.5 Å². The quantitative estimate of drug-likeness (QED) is 0.874. The fraction of sp³-hybridized carbons (Fsp3) is 0. The lowest BCUT2D eigenvalue weighted by molar-refractivity contribution is 0.0696. The largest absolute Gasteiger partial charge is 0.478 e. The number of benzene rings is 2. The Morgan fingerprint density at radius 1 is 1.21 bits per heavy atom. The molecule has 2 aromatic rings. The van der Waals surface area contributed by atoms with Gasteiger partial charge in [0.15, 0.2) is 11.6 Å². The molecule has 1 N–H and O–H groups in total.